The summed E-state index contributed by atoms with van der Waals surface area (Å²) in [5, 5.41) is 12.2. The molecule has 1 aromatic carbocycles. The molecular formula is C14H22N2O2. The molecule has 4 nitrogen and oxygen atoms in total. The number of hydrogen-bond donors (Lipinski definition) is 3. The summed E-state index contributed by atoms with van der Waals surface area (Å²) >= 11 is 0. The number of aliphatic hydroxyl groups excluding tert-OH is 1. The zero-order chi connectivity index (χ0) is 13.4. The van der Waals surface area contributed by atoms with E-state index in [4.69, 9.17) is 5.73 Å². The zero-order valence-electron chi connectivity index (χ0n) is 10.8. The Balaban J connectivity index is 2.56. The summed E-state index contributed by atoms with van der Waals surface area (Å²) in [6.07, 6.45) is 1.30. The van der Waals surface area contributed by atoms with Crippen molar-refractivity contribution >= 4 is 5.91 Å². The first-order valence-electron chi connectivity index (χ1n) is 6.36. The minimum absolute atomic E-state index is 0.0600. The van der Waals surface area contributed by atoms with Gasteiger partial charge in [-0.15, -0.1) is 0 Å². The molecule has 4 N–H and O–H groups in total. The molecule has 0 saturated carbocycles. The molecule has 100 valence electrons. The molecule has 1 rings (SSSR count). The molecule has 0 radical (unpaired) electrons. The molecule has 1 amide bonds. The molecule has 0 fully saturated rings. The van der Waals surface area contributed by atoms with Crippen LogP contribution >= 0.6 is 0 Å². The first kappa shape index (κ1) is 14.7. The second kappa shape index (κ2) is 7.84. The molecule has 0 aliphatic heterocycles. The van der Waals surface area contributed by atoms with Gasteiger partial charge in [-0.05, 0) is 18.0 Å². The average molecular weight is 250 g/mol. The van der Waals surface area contributed by atoms with Gasteiger partial charge in [0, 0.05) is 6.42 Å². The number of hydrogen-bond acceptors (Lipinski definition) is 3. The average Bonchev–Trinajstić information content (AvgIpc) is 2.43. The van der Waals surface area contributed by atoms with Crippen molar-refractivity contribution in [2.24, 2.45) is 11.7 Å². The lowest BCUT2D eigenvalue weighted by Crippen LogP contribution is -2.33. The number of rotatable bonds is 7. The van der Waals surface area contributed by atoms with Crippen LogP contribution in [0.25, 0.3) is 0 Å². The lowest BCUT2D eigenvalue weighted by atomic mass is 10.0. The molecule has 18 heavy (non-hydrogen) atoms. The summed E-state index contributed by atoms with van der Waals surface area (Å²) in [6, 6.07) is 9.12. The SMILES string of the molecule is CCC(CN)CC(=O)N[C@H](CO)c1ccccc1. The van der Waals surface area contributed by atoms with Gasteiger partial charge in [0.15, 0.2) is 0 Å². The normalized spacial score (nSPS) is 13.9. The Hall–Kier alpha value is -1.39. The fourth-order valence-corrected chi connectivity index (χ4v) is 1.83. The van der Waals surface area contributed by atoms with E-state index < -0.39 is 0 Å². The Kier molecular flexibility index (Phi) is 6.39. The standard InChI is InChI=1S/C14H22N2O2/c1-2-11(9-15)8-14(18)16-13(10-17)12-6-4-3-5-7-12/h3-7,11,13,17H,2,8-10,15H2,1H3,(H,16,18)/t11?,13-/m1/s1. The van der Waals surface area contributed by atoms with Crippen LogP contribution in [0.15, 0.2) is 30.3 Å². The van der Waals surface area contributed by atoms with Gasteiger partial charge in [0.2, 0.25) is 5.91 Å². The largest absolute Gasteiger partial charge is 0.394 e. The van der Waals surface area contributed by atoms with Crippen LogP contribution in [0.1, 0.15) is 31.4 Å². The van der Waals surface area contributed by atoms with E-state index in [-0.39, 0.29) is 24.5 Å². The molecule has 0 bridgehead atoms. The van der Waals surface area contributed by atoms with Crippen molar-refractivity contribution in [1.82, 2.24) is 5.32 Å². The first-order chi connectivity index (χ1) is 8.71. The first-order valence-corrected chi connectivity index (χ1v) is 6.36. The number of nitrogens with one attached hydrogen (secondary N) is 1. The fraction of sp³-hybridized carbons (Fsp3) is 0.500. The van der Waals surface area contributed by atoms with E-state index in [2.05, 4.69) is 5.32 Å². The van der Waals surface area contributed by atoms with Crippen molar-refractivity contribution < 1.29 is 9.90 Å². The maximum atomic E-state index is 11.8. The maximum Gasteiger partial charge on any atom is 0.220 e. The second-order valence-corrected chi connectivity index (χ2v) is 4.43. The number of benzene rings is 1. The monoisotopic (exact) mass is 250 g/mol. The van der Waals surface area contributed by atoms with Crippen molar-refractivity contribution in [3.63, 3.8) is 0 Å². The van der Waals surface area contributed by atoms with Crippen molar-refractivity contribution in [3.8, 4) is 0 Å². The highest BCUT2D eigenvalue weighted by molar-refractivity contribution is 5.76. The Bertz CT molecular complexity index is 350. The van der Waals surface area contributed by atoms with Crippen LogP contribution in [0.5, 0.6) is 0 Å². The number of amides is 1. The van der Waals surface area contributed by atoms with Gasteiger partial charge in [0.25, 0.3) is 0 Å². The van der Waals surface area contributed by atoms with Crippen LogP contribution < -0.4 is 11.1 Å². The third-order valence-corrected chi connectivity index (χ3v) is 3.10. The van der Waals surface area contributed by atoms with Crippen LogP contribution in [0.4, 0.5) is 0 Å². The highest BCUT2D eigenvalue weighted by Gasteiger charge is 2.16. The summed E-state index contributed by atoms with van der Waals surface area (Å²) in [6.45, 7) is 2.43. The number of carbonyl (C=O) groups excluding carboxylic acids is 1. The lowest BCUT2D eigenvalue weighted by molar-refractivity contribution is -0.123. The van der Waals surface area contributed by atoms with Gasteiger partial charge in [0.05, 0.1) is 12.6 Å². The third-order valence-electron chi connectivity index (χ3n) is 3.10. The van der Waals surface area contributed by atoms with E-state index in [0.29, 0.717) is 13.0 Å². The topological polar surface area (TPSA) is 75.4 Å². The van der Waals surface area contributed by atoms with Crippen LogP contribution in [0.2, 0.25) is 0 Å². The van der Waals surface area contributed by atoms with Crippen LogP contribution in [0, 0.1) is 5.92 Å². The van der Waals surface area contributed by atoms with Crippen molar-refractivity contribution in [1.29, 1.82) is 0 Å². The van der Waals surface area contributed by atoms with Gasteiger partial charge in [0.1, 0.15) is 0 Å². The molecule has 0 aliphatic carbocycles. The molecule has 0 heterocycles. The van der Waals surface area contributed by atoms with Gasteiger partial charge < -0.3 is 16.2 Å². The summed E-state index contributed by atoms with van der Waals surface area (Å²) < 4.78 is 0. The molecule has 4 heteroatoms. The summed E-state index contributed by atoms with van der Waals surface area (Å²) in [4.78, 5) is 11.8. The molecule has 1 unspecified atom stereocenters. The predicted molar refractivity (Wildman–Crippen MR) is 71.9 cm³/mol. The second-order valence-electron chi connectivity index (χ2n) is 4.43. The minimum Gasteiger partial charge on any atom is -0.394 e. The zero-order valence-corrected chi connectivity index (χ0v) is 10.8. The molecule has 2 atom stereocenters. The van der Waals surface area contributed by atoms with E-state index in [1.54, 1.807) is 0 Å². The van der Waals surface area contributed by atoms with Gasteiger partial charge >= 0.3 is 0 Å². The Morgan fingerprint density at radius 1 is 1.39 bits per heavy atom. The smallest absolute Gasteiger partial charge is 0.220 e. The Morgan fingerprint density at radius 2 is 2.06 bits per heavy atom. The number of nitrogens with two attached hydrogens (primary N) is 1. The Morgan fingerprint density at radius 3 is 2.56 bits per heavy atom. The third kappa shape index (κ3) is 4.47. The van der Waals surface area contributed by atoms with Gasteiger partial charge in [-0.3, -0.25) is 4.79 Å². The summed E-state index contributed by atoms with van der Waals surface area (Å²) in [5.41, 5.74) is 6.49. The van der Waals surface area contributed by atoms with E-state index in [1.165, 1.54) is 0 Å². The molecular weight excluding hydrogens is 228 g/mol. The Labute approximate surface area is 108 Å². The van der Waals surface area contributed by atoms with Crippen molar-refractivity contribution in [2.45, 2.75) is 25.8 Å². The van der Waals surface area contributed by atoms with Gasteiger partial charge in [-0.1, -0.05) is 43.7 Å². The van der Waals surface area contributed by atoms with E-state index in [9.17, 15) is 9.90 Å². The predicted octanol–water partition coefficient (Wildman–Crippen LogP) is 1.21. The minimum atomic E-state index is -0.339. The molecule has 0 aromatic heterocycles. The van der Waals surface area contributed by atoms with Gasteiger partial charge in [-0.25, -0.2) is 0 Å². The highest BCUT2D eigenvalue weighted by atomic mass is 16.3. The van der Waals surface area contributed by atoms with E-state index >= 15 is 0 Å². The van der Waals surface area contributed by atoms with Crippen molar-refractivity contribution in [3.05, 3.63) is 35.9 Å². The van der Waals surface area contributed by atoms with Crippen LogP contribution in [-0.2, 0) is 4.79 Å². The lowest BCUT2D eigenvalue weighted by Gasteiger charge is -2.18. The molecule has 0 aliphatic rings. The quantitative estimate of drug-likeness (QED) is 0.681. The molecule has 0 saturated heterocycles. The van der Waals surface area contributed by atoms with E-state index in [0.717, 1.165) is 12.0 Å². The fourth-order valence-electron chi connectivity index (χ4n) is 1.83. The molecule has 0 spiro atoms. The number of carbonyl (C=O) groups is 1. The molecule has 1 aromatic rings. The maximum absolute atomic E-state index is 11.8. The summed E-state index contributed by atoms with van der Waals surface area (Å²) in [7, 11) is 0. The van der Waals surface area contributed by atoms with Crippen LogP contribution in [-0.4, -0.2) is 24.2 Å². The summed E-state index contributed by atoms with van der Waals surface area (Å²) in [5.74, 6) is 0.148. The number of aliphatic hydroxyl groups is 1. The van der Waals surface area contributed by atoms with Crippen LogP contribution in [0.3, 0.4) is 0 Å². The van der Waals surface area contributed by atoms with E-state index in [1.807, 2.05) is 37.3 Å². The highest BCUT2D eigenvalue weighted by Crippen LogP contribution is 2.13. The van der Waals surface area contributed by atoms with Crippen molar-refractivity contribution in [2.75, 3.05) is 13.2 Å². The van der Waals surface area contributed by atoms with Gasteiger partial charge in [-0.2, -0.15) is 0 Å².